The van der Waals surface area contributed by atoms with Gasteiger partial charge >= 0.3 is 0 Å². The Labute approximate surface area is 148 Å². The maximum Gasteiger partial charge on any atom is 0.291 e. The van der Waals surface area contributed by atoms with Crippen LogP contribution in [0.5, 0.6) is 0 Å². The molecule has 1 unspecified atom stereocenters. The monoisotopic (exact) mass is 415 g/mol. The van der Waals surface area contributed by atoms with E-state index in [2.05, 4.69) is 36.2 Å². The summed E-state index contributed by atoms with van der Waals surface area (Å²) in [6, 6.07) is 3.70. The molecule has 4 heterocycles. The van der Waals surface area contributed by atoms with E-state index in [0.29, 0.717) is 27.4 Å². The highest BCUT2D eigenvalue weighted by molar-refractivity contribution is 9.10. The Hall–Kier alpha value is -1.52. The van der Waals surface area contributed by atoms with Gasteiger partial charge < -0.3 is 4.74 Å². The van der Waals surface area contributed by atoms with E-state index in [-0.39, 0.29) is 11.2 Å². The minimum Gasteiger partial charge on any atom is -0.356 e. The number of pyridine rings is 1. The molecule has 6 nitrogen and oxygen atoms in total. The molecule has 0 amide bonds. The molecule has 0 bridgehead atoms. The highest BCUT2D eigenvalue weighted by atomic mass is 79.9. The first-order chi connectivity index (χ1) is 11.6. The van der Waals surface area contributed by atoms with Gasteiger partial charge in [-0.15, -0.1) is 10.2 Å². The van der Waals surface area contributed by atoms with E-state index in [1.165, 1.54) is 0 Å². The zero-order valence-corrected chi connectivity index (χ0v) is 14.7. The summed E-state index contributed by atoms with van der Waals surface area (Å²) in [5.74, 6) is 0. The molecule has 1 atom stereocenters. The number of nitrogens with zero attached hydrogens (tertiary/aromatic N) is 5. The molecule has 3 aromatic rings. The molecule has 0 N–H and O–H groups in total. The molecule has 0 aromatic carbocycles. The van der Waals surface area contributed by atoms with Crippen LogP contribution in [0, 0.1) is 0 Å². The minimum absolute atomic E-state index is 0.180. The van der Waals surface area contributed by atoms with Gasteiger partial charge in [-0.05, 0) is 47.3 Å². The van der Waals surface area contributed by atoms with E-state index in [1.807, 2.05) is 12.1 Å². The van der Waals surface area contributed by atoms with Crippen LogP contribution in [-0.4, -0.2) is 31.6 Å². The van der Waals surface area contributed by atoms with Gasteiger partial charge in [0.1, 0.15) is 15.8 Å². The van der Waals surface area contributed by atoms with Gasteiger partial charge in [-0.1, -0.05) is 11.3 Å². The van der Waals surface area contributed by atoms with Crippen LogP contribution in [-0.2, 0) is 4.74 Å². The van der Waals surface area contributed by atoms with Gasteiger partial charge in [-0.3, -0.25) is 0 Å². The Kier molecular flexibility index (Phi) is 4.27. The molecule has 1 aliphatic rings. The van der Waals surface area contributed by atoms with Crippen LogP contribution in [0.4, 0.5) is 8.78 Å². The third kappa shape index (κ3) is 2.82. The van der Waals surface area contributed by atoms with Crippen molar-refractivity contribution < 1.29 is 13.5 Å². The van der Waals surface area contributed by atoms with E-state index in [1.54, 1.807) is 4.68 Å². The number of aromatic nitrogens is 5. The van der Waals surface area contributed by atoms with Gasteiger partial charge in [0.2, 0.25) is 0 Å². The van der Waals surface area contributed by atoms with Crippen molar-refractivity contribution in [3.8, 4) is 10.7 Å². The summed E-state index contributed by atoms with van der Waals surface area (Å²) in [5, 5.41) is 12.0. The first kappa shape index (κ1) is 16.0. The molecule has 0 radical (unpaired) electrons. The Morgan fingerprint density at radius 1 is 1.29 bits per heavy atom. The number of rotatable bonds is 3. The third-order valence-electron chi connectivity index (χ3n) is 3.78. The molecule has 126 valence electrons. The quantitative estimate of drug-likeness (QED) is 0.594. The lowest BCUT2D eigenvalue weighted by molar-refractivity contribution is -0.0365. The van der Waals surface area contributed by atoms with Crippen molar-refractivity contribution >= 4 is 38.3 Å². The zero-order valence-electron chi connectivity index (χ0n) is 12.3. The van der Waals surface area contributed by atoms with E-state index in [9.17, 15) is 8.78 Å². The summed E-state index contributed by atoms with van der Waals surface area (Å²) in [4.78, 5) is 4.45. The third-order valence-corrected chi connectivity index (χ3v) is 5.16. The number of ether oxygens (including phenoxy) is 1. The second kappa shape index (κ2) is 6.41. The maximum absolute atomic E-state index is 12.8. The van der Waals surface area contributed by atoms with Crippen molar-refractivity contribution in [2.75, 3.05) is 6.61 Å². The lowest BCUT2D eigenvalue weighted by Gasteiger charge is -2.23. The molecule has 4 rings (SSSR count). The summed E-state index contributed by atoms with van der Waals surface area (Å²) < 4.78 is 33.8. The van der Waals surface area contributed by atoms with Crippen molar-refractivity contribution in [2.45, 2.75) is 31.9 Å². The van der Waals surface area contributed by atoms with E-state index in [4.69, 9.17) is 4.74 Å². The second-order valence-corrected chi connectivity index (χ2v) is 7.18. The van der Waals surface area contributed by atoms with Gasteiger partial charge in [-0.25, -0.2) is 18.4 Å². The van der Waals surface area contributed by atoms with Crippen LogP contribution in [0.3, 0.4) is 0 Å². The summed E-state index contributed by atoms with van der Waals surface area (Å²) in [6.45, 7) is 0.680. The maximum atomic E-state index is 12.8. The SMILES string of the molecule is FC(F)c1nnc(-c2nn(C3CCCCO3)c3ccc(Br)nc23)s1. The highest BCUT2D eigenvalue weighted by Gasteiger charge is 2.25. The van der Waals surface area contributed by atoms with Crippen molar-refractivity contribution in [2.24, 2.45) is 0 Å². The lowest BCUT2D eigenvalue weighted by Crippen LogP contribution is -2.19. The average Bonchev–Trinajstić information content (AvgIpc) is 3.20. The van der Waals surface area contributed by atoms with Crippen molar-refractivity contribution in [3.63, 3.8) is 0 Å². The fourth-order valence-corrected chi connectivity index (χ4v) is 3.69. The Bertz CT molecular complexity index is 877. The van der Waals surface area contributed by atoms with E-state index >= 15 is 0 Å². The second-order valence-electron chi connectivity index (χ2n) is 5.36. The van der Waals surface area contributed by atoms with Crippen molar-refractivity contribution in [1.29, 1.82) is 0 Å². The van der Waals surface area contributed by atoms with Gasteiger partial charge in [0.05, 0.1) is 5.52 Å². The molecule has 1 saturated heterocycles. The molecule has 0 spiro atoms. The molecule has 0 aliphatic carbocycles. The predicted molar refractivity (Wildman–Crippen MR) is 87.9 cm³/mol. The first-order valence-corrected chi connectivity index (χ1v) is 9.02. The molecule has 24 heavy (non-hydrogen) atoms. The highest BCUT2D eigenvalue weighted by Crippen LogP contribution is 2.35. The fraction of sp³-hybridized carbons (Fsp3) is 0.429. The molecule has 10 heteroatoms. The van der Waals surface area contributed by atoms with Gasteiger partial charge in [0.15, 0.2) is 16.2 Å². The fourth-order valence-electron chi connectivity index (χ4n) is 2.69. The normalized spacial score (nSPS) is 18.6. The van der Waals surface area contributed by atoms with Gasteiger partial charge in [0.25, 0.3) is 6.43 Å². The van der Waals surface area contributed by atoms with Gasteiger partial charge in [0, 0.05) is 6.61 Å². The van der Waals surface area contributed by atoms with Gasteiger partial charge in [-0.2, -0.15) is 5.10 Å². The largest absolute Gasteiger partial charge is 0.356 e. The van der Waals surface area contributed by atoms with Crippen LogP contribution < -0.4 is 0 Å². The molecule has 0 saturated carbocycles. The van der Waals surface area contributed by atoms with Crippen LogP contribution in [0.25, 0.3) is 21.7 Å². The number of hydrogen-bond donors (Lipinski definition) is 0. The summed E-state index contributed by atoms with van der Waals surface area (Å²) >= 11 is 4.17. The minimum atomic E-state index is -2.65. The number of fused-ring (bicyclic) bond motifs is 1. The van der Waals surface area contributed by atoms with Crippen LogP contribution >= 0.6 is 27.3 Å². The Balaban J connectivity index is 1.86. The number of alkyl halides is 2. The zero-order chi connectivity index (χ0) is 16.7. The summed E-state index contributed by atoms with van der Waals surface area (Å²) in [7, 11) is 0. The molecule has 1 fully saturated rings. The summed E-state index contributed by atoms with van der Waals surface area (Å²) in [6.07, 6.45) is 0.108. The van der Waals surface area contributed by atoms with Crippen LogP contribution in [0.15, 0.2) is 16.7 Å². The topological polar surface area (TPSA) is 65.7 Å². The average molecular weight is 416 g/mol. The molecule has 3 aromatic heterocycles. The Morgan fingerprint density at radius 2 is 2.17 bits per heavy atom. The van der Waals surface area contributed by atoms with Crippen LogP contribution in [0.1, 0.15) is 36.9 Å². The van der Waals surface area contributed by atoms with Crippen molar-refractivity contribution in [1.82, 2.24) is 25.0 Å². The number of halogens is 3. The smallest absolute Gasteiger partial charge is 0.291 e. The van der Waals surface area contributed by atoms with E-state index < -0.39 is 6.43 Å². The molecular formula is C14H12BrF2N5OS. The molecular weight excluding hydrogens is 404 g/mol. The summed E-state index contributed by atoms with van der Waals surface area (Å²) in [5.41, 5.74) is 1.83. The number of hydrogen-bond acceptors (Lipinski definition) is 6. The van der Waals surface area contributed by atoms with Crippen LogP contribution in [0.2, 0.25) is 0 Å². The standard InChI is InChI=1S/C14H12BrF2N5OS/c15-8-5-4-7-10(18-8)11(13-19-20-14(24-13)12(16)17)21-22(7)9-3-1-2-6-23-9/h4-5,9,12H,1-3,6H2. The lowest BCUT2D eigenvalue weighted by atomic mass is 10.2. The predicted octanol–water partition coefficient (Wildman–Crippen LogP) is 4.35. The van der Waals surface area contributed by atoms with E-state index in [0.717, 1.165) is 36.1 Å². The first-order valence-electron chi connectivity index (χ1n) is 7.42. The molecule has 1 aliphatic heterocycles. The van der Waals surface area contributed by atoms with Crippen molar-refractivity contribution in [3.05, 3.63) is 21.7 Å². The Morgan fingerprint density at radius 3 is 2.88 bits per heavy atom.